The van der Waals surface area contributed by atoms with Gasteiger partial charge >= 0.3 is 0 Å². The van der Waals surface area contributed by atoms with Gasteiger partial charge in [0, 0.05) is 19.1 Å². The summed E-state index contributed by atoms with van der Waals surface area (Å²) in [5, 5.41) is 2.63. The molecule has 0 aliphatic heterocycles. The second-order valence-corrected chi connectivity index (χ2v) is 3.62. The number of nitrogens with zero attached hydrogens (tertiary/aromatic N) is 1. The zero-order valence-electron chi connectivity index (χ0n) is 8.42. The number of nitrogens with two attached hydrogens (primary N) is 1. The van der Waals surface area contributed by atoms with Crippen molar-refractivity contribution < 1.29 is 4.79 Å². The van der Waals surface area contributed by atoms with E-state index >= 15 is 0 Å². The van der Waals surface area contributed by atoms with Crippen molar-refractivity contribution in [2.24, 2.45) is 5.73 Å². The van der Waals surface area contributed by atoms with E-state index in [1.165, 1.54) is 0 Å². The van der Waals surface area contributed by atoms with Gasteiger partial charge in [-0.25, -0.2) is 0 Å². The molecule has 0 aromatic rings. The van der Waals surface area contributed by atoms with E-state index in [2.05, 4.69) is 17.1 Å². The molecule has 1 fully saturated rings. The first-order chi connectivity index (χ1) is 6.17. The van der Waals surface area contributed by atoms with E-state index in [1.54, 1.807) is 7.05 Å². The smallest absolute Gasteiger partial charge is 0.233 e. The van der Waals surface area contributed by atoms with Crippen LogP contribution in [0.15, 0.2) is 0 Å². The summed E-state index contributed by atoms with van der Waals surface area (Å²) in [6.07, 6.45) is 2.07. The zero-order valence-corrected chi connectivity index (χ0v) is 8.42. The van der Waals surface area contributed by atoms with Crippen LogP contribution in [-0.2, 0) is 4.79 Å². The largest absolute Gasteiger partial charge is 0.358 e. The van der Waals surface area contributed by atoms with Crippen molar-refractivity contribution in [3.05, 3.63) is 0 Å². The molecule has 76 valence electrons. The van der Waals surface area contributed by atoms with Crippen molar-refractivity contribution in [1.82, 2.24) is 10.2 Å². The Bertz CT molecular complexity index is 178. The Hall–Kier alpha value is -0.610. The third-order valence-electron chi connectivity index (χ3n) is 2.70. The summed E-state index contributed by atoms with van der Waals surface area (Å²) in [4.78, 5) is 13.3. The Kier molecular flexibility index (Phi) is 3.69. The fourth-order valence-electron chi connectivity index (χ4n) is 1.69. The highest BCUT2D eigenvalue weighted by Crippen LogP contribution is 2.23. The van der Waals surface area contributed by atoms with E-state index < -0.39 is 0 Å². The zero-order chi connectivity index (χ0) is 9.84. The highest BCUT2D eigenvalue weighted by atomic mass is 16.1. The first-order valence-electron chi connectivity index (χ1n) is 4.87. The van der Waals surface area contributed by atoms with Gasteiger partial charge in [-0.2, -0.15) is 0 Å². The maximum Gasteiger partial charge on any atom is 0.233 e. The molecule has 1 saturated carbocycles. The van der Waals surface area contributed by atoms with Crippen LogP contribution in [0.25, 0.3) is 0 Å². The molecule has 1 rings (SSSR count). The van der Waals surface area contributed by atoms with Crippen LogP contribution in [0.3, 0.4) is 0 Å². The number of rotatable bonds is 4. The minimum Gasteiger partial charge on any atom is -0.358 e. The van der Waals surface area contributed by atoms with E-state index in [4.69, 9.17) is 5.73 Å². The lowest BCUT2D eigenvalue weighted by Crippen LogP contribution is -2.52. The van der Waals surface area contributed by atoms with Gasteiger partial charge in [0.05, 0.1) is 6.54 Å². The molecule has 1 aliphatic rings. The normalized spacial score (nSPS) is 27.1. The lowest BCUT2D eigenvalue weighted by molar-refractivity contribution is -0.122. The van der Waals surface area contributed by atoms with Crippen molar-refractivity contribution in [2.45, 2.75) is 31.8 Å². The van der Waals surface area contributed by atoms with Gasteiger partial charge in [-0.3, -0.25) is 9.69 Å². The highest BCUT2D eigenvalue weighted by Gasteiger charge is 2.30. The molecular weight excluding hydrogens is 166 g/mol. The number of carbonyl (C=O) groups excluding carboxylic acids is 1. The second kappa shape index (κ2) is 4.58. The molecule has 0 spiro atoms. The maximum absolute atomic E-state index is 11.1. The number of amides is 1. The summed E-state index contributed by atoms with van der Waals surface area (Å²) in [7, 11) is 1.67. The average molecular weight is 185 g/mol. The van der Waals surface area contributed by atoms with Gasteiger partial charge in [0.15, 0.2) is 0 Å². The van der Waals surface area contributed by atoms with Gasteiger partial charge < -0.3 is 11.1 Å². The molecule has 0 bridgehead atoms. The van der Waals surface area contributed by atoms with E-state index in [1.807, 2.05) is 0 Å². The predicted molar refractivity (Wildman–Crippen MR) is 52.3 cm³/mol. The number of carbonyl (C=O) groups is 1. The SMILES string of the molecule is CCN(CC(=O)NC)C1CC(N)C1. The van der Waals surface area contributed by atoms with E-state index in [-0.39, 0.29) is 5.91 Å². The van der Waals surface area contributed by atoms with Crippen LogP contribution in [0.5, 0.6) is 0 Å². The molecule has 1 amide bonds. The maximum atomic E-state index is 11.1. The van der Waals surface area contributed by atoms with Crippen LogP contribution in [-0.4, -0.2) is 43.0 Å². The first-order valence-corrected chi connectivity index (χ1v) is 4.87. The number of nitrogens with one attached hydrogen (secondary N) is 1. The molecule has 0 aromatic carbocycles. The van der Waals surface area contributed by atoms with Crippen LogP contribution in [0.4, 0.5) is 0 Å². The summed E-state index contributed by atoms with van der Waals surface area (Å²) >= 11 is 0. The quantitative estimate of drug-likeness (QED) is 0.623. The van der Waals surface area contributed by atoms with Crippen LogP contribution in [0.1, 0.15) is 19.8 Å². The fourth-order valence-corrected chi connectivity index (χ4v) is 1.69. The van der Waals surface area contributed by atoms with Crippen molar-refractivity contribution in [3.63, 3.8) is 0 Å². The van der Waals surface area contributed by atoms with E-state index in [9.17, 15) is 4.79 Å². The highest BCUT2D eigenvalue weighted by molar-refractivity contribution is 5.77. The summed E-state index contributed by atoms with van der Waals surface area (Å²) < 4.78 is 0. The summed E-state index contributed by atoms with van der Waals surface area (Å²) in [6, 6.07) is 0.876. The third-order valence-corrected chi connectivity index (χ3v) is 2.70. The second-order valence-electron chi connectivity index (χ2n) is 3.62. The molecule has 3 N–H and O–H groups in total. The lowest BCUT2D eigenvalue weighted by atomic mass is 9.86. The minimum atomic E-state index is 0.0855. The molecule has 0 heterocycles. The molecule has 4 nitrogen and oxygen atoms in total. The van der Waals surface area contributed by atoms with Gasteiger partial charge in [-0.15, -0.1) is 0 Å². The Balaban J connectivity index is 2.31. The summed E-state index contributed by atoms with van der Waals surface area (Å²) in [6.45, 7) is 3.50. The Labute approximate surface area is 79.5 Å². The number of hydrogen-bond acceptors (Lipinski definition) is 3. The monoisotopic (exact) mass is 185 g/mol. The van der Waals surface area contributed by atoms with Crippen LogP contribution >= 0.6 is 0 Å². The third kappa shape index (κ3) is 2.67. The van der Waals surface area contributed by atoms with Crippen LogP contribution in [0.2, 0.25) is 0 Å². The minimum absolute atomic E-state index is 0.0855. The molecular formula is C9H19N3O. The topological polar surface area (TPSA) is 58.4 Å². The van der Waals surface area contributed by atoms with Gasteiger partial charge in [-0.05, 0) is 19.4 Å². The molecule has 0 unspecified atom stereocenters. The van der Waals surface area contributed by atoms with Crippen LogP contribution < -0.4 is 11.1 Å². The molecule has 0 saturated heterocycles. The molecule has 13 heavy (non-hydrogen) atoms. The fraction of sp³-hybridized carbons (Fsp3) is 0.889. The molecule has 4 heteroatoms. The first kappa shape index (κ1) is 10.5. The molecule has 0 atom stereocenters. The van der Waals surface area contributed by atoms with Crippen molar-refractivity contribution in [1.29, 1.82) is 0 Å². The Morgan fingerprint density at radius 1 is 1.62 bits per heavy atom. The number of likely N-dealkylation sites (N-methyl/N-ethyl adjacent to an activating group) is 2. The lowest BCUT2D eigenvalue weighted by Gasteiger charge is -2.40. The molecule has 0 aromatic heterocycles. The standard InChI is InChI=1S/C9H19N3O/c1-3-12(6-9(13)11-2)8-4-7(10)5-8/h7-8H,3-6,10H2,1-2H3,(H,11,13). The van der Waals surface area contributed by atoms with Crippen molar-refractivity contribution in [2.75, 3.05) is 20.1 Å². The molecule has 0 radical (unpaired) electrons. The van der Waals surface area contributed by atoms with Gasteiger partial charge in [0.2, 0.25) is 5.91 Å². The van der Waals surface area contributed by atoms with E-state index in [0.29, 0.717) is 18.6 Å². The van der Waals surface area contributed by atoms with Crippen molar-refractivity contribution >= 4 is 5.91 Å². The predicted octanol–water partition coefficient (Wildman–Crippen LogP) is -0.456. The van der Waals surface area contributed by atoms with Gasteiger partial charge in [0.25, 0.3) is 0 Å². The van der Waals surface area contributed by atoms with Crippen molar-refractivity contribution in [3.8, 4) is 0 Å². The van der Waals surface area contributed by atoms with Crippen LogP contribution in [0, 0.1) is 0 Å². The van der Waals surface area contributed by atoms with E-state index in [0.717, 1.165) is 19.4 Å². The Morgan fingerprint density at radius 2 is 2.23 bits per heavy atom. The van der Waals surface area contributed by atoms with Gasteiger partial charge in [-0.1, -0.05) is 6.92 Å². The Morgan fingerprint density at radius 3 is 2.62 bits per heavy atom. The van der Waals surface area contributed by atoms with Gasteiger partial charge in [0.1, 0.15) is 0 Å². The summed E-state index contributed by atoms with van der Waals surface area (Å²) in [5.41, 5.74) is 5.70. The summed E-state index contributed by atoms with van der Waals surface area (Å²) in [5.74, 6) is 0.0855. The molecule has 1 aliphatic carbocycles. The number of hydrogen-bond donors (Lipinski definition) is 2. The average Bonchev–Trinajstić information content (AvgIpc) is 2.09.